The average molecular weight is 316 g/mol. The van der Waals surface area contributed by atoms with Gasteiger partial charge in [-0.15, -0.1) is 0 Å². The molecule has 2 aliphatic carbocycles. The molecule has 3 heteroatoms. The molecule has 0 bridgehead atoms. The van der Waals surface area contributed by atoms with Crippen molar-refractivity contribution >= 4 is 12.3 Å². The van der Waals surface area contributed by atoms with E-state index >= 15 is 0 Å². The smallest absolute Gasteiger partial charge is 0.330 e. The monoisotopic (exact) mass is 316 g/mol. The van der Waals surface area contributed by atoms with Crippen LogP contribution in [0.15, 0.2) is 36.0 Å². The minimum absolute atomic E-state index is 0.0317. The van der Waals surface area contributed by atoms with Gasteiger partial charge in [-0.25, -0.2) is 4.79 Å². The van der Waals surface area contributed by atoms with Crippen LogP contribution in [0.3, 0.4) is 0 Å². The largest absolute Gasteiger partial charge is 0.466 e. The zero-order valence-corrected chi connectivity index (χ0v) is 14.7. The highest BCUT2D eigenvalue weighted by Crippen LogP contribution is 2.59. The maximum absolute atomic E-state index is 11.9. The molecular weight excluding hydrogens is 288 g/mol. The van der Waals surface area contributed by atoms with E-state index in [1.165, 1.54) is 26.0 Å². The van der Waals surface area contributed by atoms with Crippen molar-refractivity contribution in [2.24, 2.45) is 22.7 Å². The third kappa shape index (κ3) is 3.49. The maximum Gasteiger partial charge on any atom is 0.330 e. The number of esters is 1. The number of aldehydes is 1. The number of ether oxygens (including phenoxy) is 1. The van der Waals surface area contributed by atoms with Crippen LogP contribution in [0.1, 0.15) is 46.5 Å². The molecule has 0 amide bonds. The molecule has 0 saturated heterocycles. The molecule has 1 saturated carbocycles. The normalized spacial score (nSPS) is 33.3. The molecule has 1 fully saturated rings. The predicted molar refractivity (Wildman–Crippen MR) is 91.8 cm³/mol. The third-order valence-corrected chi connectivity index (χ3v) is 5.90. The van der Waals surface area contributed by atoms with Gasteiger partial charge in [0.25, 0.3) is 0 Å². The first-order valence-electron chi connectivity index (χ1n) is 8.43. The Hall–Kier alpha value is -1.64. The number of methoxy groups -OCH3 is 1. The van der Waals surface area contributed by atoms with E-state index in [4.69, 9.17) is 0 Å². The Labute approximate surface area is 139 Å². The van der Waals surface area contributed by atoms with Gasteiger partial charge in [-0.3, -0.25) is 0 Å². The molecule has 23 heavy (non-hydrogen) atoms. The Balaban J connectivity index is 2.24. The van der Waals surface area contributed by atoms with E-state index < -0.39 is 0 Å². The van der Waals surface area contributed by atoms with E-state index in [2.05, 4.69) is 31.6 Å². The van der Waals surface area contributed by atoms with Crippen molar-refractivity contribution in [2.45, 2.75) is 46.5 Å². The summed E-state index contributed by atoms with van der Waals surface area (Å²) in [7, 11) is 1.36. The Morgan fingerprint density at radius 1 is 1.26 bits per heavy atom. The Kier molecular flexibility index (Phi) is 5.28. The van der Waals surface area contributed by atoms with Crippen molar-refractivity contribution in [1.29, 1.82) is 0 Å². The molecule has 2 rings (SSSR count). The standard InChI is InChI=1S/C20H28O3/c1-19(2)12-7-13-20(3)16(14-21)15(10-11-17(19)20)8-5-6-9-18(22)23-4/h5-6,8-10,14,16-17H,7,11-13H2,1-4H3/b8-5+,9-6+/t16-,17-,20+/m0/s1. The van der Waals surface area contributed by atoms with Crippen molar-refractivity contribution in [3.8, 4) is 0 Å². The molecule has 3 nitrogen and oxygen atoms in total. The lowest BCUT2D eigenvalue weighted by Crippen LogP contribution is -2.49. The molecule has 0 aliphatic heterocycles. The molecule has 0 aromatic heterocycles. The van der Waals surface area contributed by atoms with Crippen LogP contribution in [0.4, 0.5) is 0 Å². The Bertz CT molecular complexity index is 553. The summed E-state index contributed by atoms with van der Waals surface area (Å²) in [5, 5.41) is 0. The van der Waals surface area contributed by atoms with Crippen molar-refractivity contribution < 1.29 is 14.3 Å². The molecule has 0 heterocycles. The van der Waals surface area contributed by atoms with Gasteiger partial charge in [0.05, 0.1) is 7.11 Å². The number of hydrogen-bond donors (Lipinski definition) is 0. The lowest BCUT2D eigenvalue weighted by atomic mass is 9.49. The number of allylic oxidation sites excluding steroid dienone is 5. The van der Waals surface area contributed by atoms with Gasteiger partial charge in [-0.1, -0.05) is 51.5 Å². The number of rotatable bonds is 4. The fraction of sp³-hybridized carbons (Fsp3) is 0.600. The van der Waals surface area contributed by atoms with Crippen LogP contribution in [-0.2, 0) is 14.3 Å². The summed E-state index contributed by atoms with van der Waals surface area (Å²) in [6, 6.07) is 0. The first-order valence-corrected chi connectivity index (χ1v) is 8.43. The summed E-state index contributed by atoms with van der Waals surface area (Å²) in [5.74, 6) is 0.102. The van der Waals surface area contributed by atoms with Gasteiger partial charge >= 0.3 is 5.97 Å². The molecule has 0 radical (unpaired) electrons. The molecule has 126 valence electrons. The molecule has 2 aliphatic rings. The van der Waals surface area contributed by atoms with E-state index in [1.807, 2.05) is 12.2 Å². The Morgan fingerprint density at radius 2 is 2.00 bits per heavy atom. The van der Waals surface area contributed by atoms with Crippen LogP contribution in [0.25, 0.3) is 0 Å². The molecule has 0 aromatic carbocycles. The second kappa shape index (κ2) is 6.86. The van der Waals surface area contributed by atoms with Crippen molar-refractivity contribution in [2.75, 3.05) is 7.11 Å². The maximum atomic E-state index is 11.9. The third-order valence-electron chi connectivity index (χ3n) is 5.90. The summed E-state index contributed by atoms with van der Waals surface area (Å²) in [6.45, 7) is 6.96. The first kappa shape index (κ1) is 17.7. The number of fused-ring (bicyclic) bond motifs is 1. The topological polar surface area (TPSA) is 43.4 Å². The van der Waals surface area contributed by atoms with Gasteiger partial charge in [0.15, 0.2) is 0 Å². The van der Waals surface area contributed by atoms with Crippen LogP contribution in [0.2, 0.25) is 0 Å². The molecule has 0 unspecified atom stereocenters. The van der Waals surface area contributed by atoms with Gasteiger partial charge < -0.3 is 9.53 Å². The van der Waals surface area contributed by atoms with E-state index in [0.29, 0.717) is 5.92 Å². The van der Waals surface area contributed by atoms with Crippen LogP contribution < -0.4 is 0 Å². The fourth-order valence-corrected chi connectivity index (χ4v) is 4.66. The van der Waals surface area contributed by atoms with Gasteiger partial charge in [0, 0.05) is 12.0 Å². The van der Waals surface area contributed by atoms with Crippen molar-refractivity contribution in [3.63, 3.8) is 0 Å². The predicted octanol–water partition coefficient (Wildman–Crippen LogP) is 4.25. The van der Waals surface area contributed by atoms with Crippen molar-refractivity contribution in [1.82, 2.24) is 0 Å². The summed E-state index contributed by atoms with van der Waals surface area (Å²) >= 11 is 0. The average Bonchev–Trinajstić information content (AvgIpc) is 2.49. The summed E-state index contributed by atoms with van der Waals surface area (Å²) < 4.78 is 4.56. The first-order chi connectivity index (χ1) is 10.8. The fourth-order valence-electron chi connectivity index (χ4n) is 4.66. The van der Waals surface area contributed by atoms with Gasteiger partial charge in [0.2, 0.25) is 0 Å². The highest BCUT2D eigenvalue weighted by molar-refractivity contribution is 5.82. The quantitative estimate of drug-likeness (QED) is 0.337. The number of hydrogen-bond acceptors (Lipinski definition) is 3. The SMILES string of the molecule is COC(=O)/C=C/C=C/C1=CC[C@H]2C(C)(C)CCC[C@]2(C)[C@H]1C=O. The summed E-state index contributed by atoms with van der Waals surface area (Å²) in [5.41, 5.74) is 1.39. The number of carbonyl (C=O) groups excluding carboxylic acids is 2. The molecule has 3 atom stereocenters. The van der Waals surface area contributed by atoms with Crippen molar-refractivity contribution in [3.05, 3.63) is 36.0 Å². The van der Waals surface area contributed by atoms with Crippen LogP contribution in [0.5, 0.6) is 0 Å². The summed E-state index contributed by atoms with van der Waals surface area (Å²) in [4.78, 5) is 22.9. The second-order valence-electron chi connectivity index (χ2n) is 7.70. The zero-order valence-electron chi connectivity index (χ0n) is 14.7. The zero-order chi connectivity index (χ0) is 17.1. The van der Waals surface area contributed by atoms with Crippen LogP contribution in [-0.4, -0.2) is 19.4 Å². The lowest BCUT2D eigenvalue weighted by Gasteiger charge is -2.55. The minimum Gasteiger partial charge on any atom is -0.466 e. The Morgan fingerprint density at radius 3 is 2.65 bits per heavy atom. The lowest BCUT2D eigenvalue weighted by molar-refractivity contribution is -0.134. The second-order valence-corrected chi connectivity index (χ2v) is 7.70. The molecule has 0 N–H and O–H groups in total. The minimum atomic E-state index is -0.375. The van der Waals surface area contributed by atoms with E-state index in [-0.39, 0.29) is 22.7 Å². The highest BCUT2D eigenvalue weighted by Gasteiger charge is 2.52. The van der Waals surface area contributed by atoms with Crippen LogP contribution in [0, 0.1) is 22.7 Å². The van der Waals surface area contributed by atoms with Gasteiger partial charge in [-0.05, 0) is 41.6 Å². The van der Waals surface area contributed by atoms with Crippen LogP contribution >= 0.6 is 0 Å². The van der Waals surface area contributed by atoms with E-state index in [9.17, 15) is 9.59 Å². The molecule has 0 aromatic rings. The highest BCUT2D eigenvalue weighted by atomic mass is 16.5. The van der Waals surface area contributed by atoms with Gasteiger partial charge in [-0.2, -0.15) is 0 Å². The van der Waals surface area contributed by atoms with Gasteiger partial charge in [0.1, 0.15) is 6.29 Å². The molecular formula is C20H28O3. The van der Waals surface area contributed by atoms with E-state index in [1.54, 1.807) is 6.08 Å². The van der Waals surface area contributed by atoms with E-state index in [0.717, 1.165) is 24.7 Å². The summed E-state index contributed by atoms with van der Waals surface area (Å²) in [6.07, 6.45) is 14.7. The molecule has 0 spiro atoms. The number of carbonyl (C=O) groups is 2.